The van der Waals surface area contributed by atoms with E-state index in [1.165, 1.54) is 25.7 Å². The van der Waals surface area contributed by atoms with Crippen molar-refractivity contribution in [2.45, 2.75) is 147 Å². The van der Waals surface area contributed by atoms with Gasteiger partial charge in [0.25, 0.3) is 11.1 Å². The van der Waals surface area contributed by atoms with Crippen molar-refractivity contribution in [2.75, 3.05) is 36.8 Å². The molecule has 11 rings (SSSR count). The number of anilines is 2. The number of hydrogen-bond acceptors (Lipinski definition) is 12. The zero-order valence-corrected chi connectivity index (χ0v) is 41.0. The lowest BCUT2D eigenvalue weighted by molar-refractivity contribution is 0.0184. The van der Waals surface area contributed by atoms with Crippen molar-refractivity contribution >= 4 is 73.2 Å². The van der Waals surface area contributed by atoms with Crippen LogP contribution in [0, 0.1) is 17.8 Å². The van der Waals surface area contributed by atoms with Gasteiger partial charge in [0.05, 0.1) is 6.10 Å². The van der Waals surface area contributed by atoms with Gasteiger partial charge in [0.2, 0.25) is 11.9 Å². The molecule has 1 amide bonds. The fraction of sp³-hybridized carbons (Fsp3) is 0.566. The Kier molecular flexibility index (Phi) is 13.6. The molecule has 5 N–H and O–H groups in total. The third kappa shape index (κ3) is 10.9. The summed E-state index contributed by atoms with van der Waals surface area (Å²) in [5.74, 6) is 3.02. The summed E-state index contributed by atoms with van der Waals surface area (Å²) in [7, 11) is 0. The Balaban J connectivity index is 0.000000172. The van der Waals surface area contributed by atoms with Gasteiger partial charge in [0.1, 0.15) is 16.9 Å². The second kappa shape index (κ2) is 19.8. The molecule has 4 aliphatic carbocycles. The summed E-state index contributed by atoms with van der Waals surface area (Å²) in [6.07, 6.45) is 17.4. The minimum absolute atomic E-state index is 0.00446. The highest BCUT2D eigenvalue weighted by molar-refractivity contribution is 6.31. The van der Waals surface area contributed by atoms with Crippen LogP contribution in [0.3, 0.4) is 0 Å². The van der Waals surface area contributed by atoms with Gasteiger partial charge >= 0.3 is 6.09 Å². The van der Waals surface area contributed by atoms with Crippen LogP contribution in [0.1, 0.15) is 128 Å². The van der Waals surface area contributed by atoms with E-state index < -0.39 is 5.60 Å². The number of nitrogens with two attached hydrogens (primary N) is 1. The van der Waals surface area contributed by atoms with Crippen LogP contribution in [0.25, 0.3) is 43.6 Å². The number of nitrogens with one attached hydrogen (secondary N) is 2. The number of aliphatic hydroxyl groups excluding tert-OH is 1. The number of aromatic nitrogens is 6. The molecule has 5 heterocycles. The maximum atomic E-state index is 14.1. The fourth-order valence-electron chi connectivity index (χ4n) is 10.6. The molecule has 0 radical (unpaired) electrons. The van der Waals surface area contributed by atoms with E-state index in [0.717, 1.165) is 104 Å². The standard InChI is InChI=1S/C32H43N5O4.C21H24ClN5O/c1-32(2,3)41-31(40)36-14-12-20(13-15-36)16-22-6-11-25-26(17-22)29(39)37(23-7-9-24(38)10-8-23)28-27(25)19-34-30(35-28)33-18-21-4-5-21;22-13-3-8-16-17(9-13)20(28)27(15-6-4-14(23)5-7-15)19-18(16)11-25-21(26-19)24-10-12-1-2-12/h6,11,17,19-21,23-24,38H,4-5,7-10,12-16,18H2,1-3H3,(H,33,34,35);3,8-9,11-12,14-15H,1-2,4-7,10,23H2,(H,24,25,26). The van der Waals surface area contributed by atoms with Crippen molar-refractivity contribution in [3.05, 3.63) is 80.1 Å². The smallest absolute Gasteiger partial charge is 0.410 e. The highest BCUT2D eigenvalue weighted by Gasteiger charge is 2.30. The molecule has 1 saturated heterocycles. The highest BCUT2D eigenvalue weighted by Crippen LogP contribution is 2.36. The van der Waals surface area contributed by atoms with Crippen molar-refractivity contribution < 1.29 is 14.6 Å². The summed E-state index contributed by atoms with van der Waals surface area (Å²) in [4.78, 5) is 60.7. The van der Waals surface area contributed by atoms with Crippen molar-refractivity contribution in [2.24, 2.45) is 23.5 Å². The first-order valence-electron chi connectivity index (χ1n) is 25.5. The van der Waals surface area contributed by atoms with Crippen LogP contribution in [0.5, 0.6) is 0 Å². The molecule has 0 unspecified atom stereocenters. The molecule has 0 atom stereocenters. The number of rotatable bonds is 10. The SMILES string of the molecule is CC(C)(C)OC(=O)N1CCC(Cc2ccc3c(c2)c(=O)n(C2CCC(O)CC2)c2nc(NCC4CC4)ncc32)CC1.NC1CCC(n2c(=O)c3cc(Cl)ccc3c3cnc(NCC4CC4)nc32)CC1. The number of carbonyl (C=O) groups is 1. The molecule has 4 aromatic heterocycles. The number of piperidine rings is 1. The van der Waals surface area contributed by atoms with E-state index in [-0.39, 0.29) is 41.4 Å². The molecule has 366 valence electrons. The fourth-order valence-corrected chi connectivity index (χ4v) is 10.8. The number of nitrogens with zero attached hydrogens (tertiary/aromatic N) is 7. The third-order valence-corrected chi connectivity index (χ3v) is 15.2. The zero-order chi connectivity index (χ0) is 48.0. The van der Waals surface area contributed by atoms with E-state index in [1.54, 1.807) is 6.07 Å². The van der Waals surface area contributed by atoms with E-state index in [0.29, 0.717) is 76.8 Å². The Bertz CT molecular complexity index is 2970. The summed E-state index contributed by atoms with van der Waals surface area (Å²) in [5.41, 5.74) is 8.08. The van der Waals surface area contributed by atoms with Crippen LogP contribution in [0.15, 0.2) is 58.4 Å². The molecule has 15 nitrogen and oxygen atoms in total. The summed E-state index contributed by atoms with van der Waals surface area (Å²) in [6, 6.07) is 12.0. The van der Waals surface area contributed by atoms with Crippen LogP contribution in [-0.2, 0) is 11.2 Å². The molecule has 5 fully saturated rings. The molecule has 16 heteroatoms. The Morgan fingerprint density at radius 3 is 1.71 bits per heavy atom. The van der Waals surface area contributed by atoms with Gasteiger partial charge in [-0.15, -0.1) is 0 Å². The Labute approximate surface area is 407 Å². The quantitative estimate of drug-likeness (QED) is 0.0952. The maximum absolute atomic E-state index is 14.1. The van der Waals surface area contributed by atoms with Gasteiger partial charge in [-0.2, -0.15) is 9.97 Å². The number of amides is 1. The normalized spacial score (nSPS) is 22.4. The van der Waals surface area contributed by atoms with Crippen LogP contribution < -0.4 is 27.5 Å². The van der Waals surface area contributed by atoms with Gasteiger partial charge in [-0.25, -0.2) is 14.8 Å². The molecule has 6 aromatic rings. The van der Waals surface area contributed by atoms with Gasteiger partial charge in [0, 0.05) is 83.3 Å². The summed E-state index contributed by atoms with van der Waals surface area (Å²) < 4.78 is 9.30. The number of fused-ring (bicyclic) bond motifs is 6. The predicted octanol–water partition coefficient (Wildman–Crippen LogP) is 9.29. The number of likely N-dealkylation sites (tertiary alicyclic amines) is 1. The lowest BCUT2D eigenvalue weighted by atomic mass is 9.89. The predicted molar refractivity (Wildman–Crippen MR) is 273 cm³/mol. The monoisotopic (exact) mass is 958 g/mol. The van der Waals surface area contributed by atoms with Crippen molar-refractivity contribution in [3.8, 4) is 0 Å². The number of carbonyl (C=O) groups excluding carboxylic acids is 1. The second-order valence-corrected chi connectivity index (χ2v) is 22.0. The van der Waals surface area contributed by atoms with Crippen molar-refractivity contribution in [3.63, 3.8) is 0 Å². The van der Waals surface area contributed by atoms with Crippen LogP contribution in [0.4, 0.5) is 16.7 Å². The minimum atomic E-state index is -0.493. The lowest BCUT2D eigenvalue weighted by Crippen LogP contribution is -2.42. The zero-order valence-electron chi connectivity index (χ0n) is 40.3. The topological polar surface area (TPSA) is 195 Å². The molecule has 1 aliphatic heterocycles. The Morgan fingerprint density at radius 2 is 1.19 bits per heavy atom. The highest BCUT2D eigenvalue weighted by atomic mass is 35.5. The van der Waals surface area contributed by atoms with Crippen LogP contribution in [0.2, 0.25) is 5.02 Å². The van der Waals surface area contributed by atoms with Gasteiger partial charge < -0.3 is 31.1 Å². The Morgan fingerprint density at radius 1 is 0.681 bits per heavy atom. The number of halogens is 1. The third-order valence-electron chi connectivity index (χ3n) is 15.0. The van der Waals surface area contributed by atoms with Gasteiger partial charge in [-0.1, -0.05) is 29.8 Å². The molecule has 5 aliphatic rings. The molecular formula is C53H67ClN10O5. The molecular weight excluding hydrogens is 892 g/mol. The van der Waals surface area contributed by atoms with Crippen molar-refractivity contribution in [1.82, 2.24) is 34.0 Å². The minimum Gasteiger partial charge on any atom is -0.444 e. The number of hydrogen-bond donors (Lipinski definition) is 4. The van der Waals surface area contributed by atoms with E-state index >= 15 is 0 Å². The summed E-state index contributed by atoms with van der Waals surface area (Å²) in [6.45, 7) is 8.80. The van der Waals surface area contributed by atoms with Gasteiger partial charge in [-0.3, -0.25) is 18.7 Å². The molecule has 69 heavy (non-hydrogen) atoms. The first-order valence-corrected chi connectivity index (χ1v) is 25.9. The van der Waals surface area contributed by atoms with E-state index in [2.05, 4.69) is 38.8 Å². The largest absolute Gasteiger partial charge is 0.444 e. The summed E-state index contributed by atoms with van der Waals surface area (Å²) >= 11 is 6.20. The molecule has 0 bridgehead atoms. The first-order chi connectivity index (χ1) is 33.2. The van der Waals surface area contributed by atoms with E-state index in [4.69, 9.17) is 32.0 Å². The lowest BCUT2D eigenvalue weighted by Gasteiger charge is -2.33. The average Bonchev–Trinajstić information content (AvgIpc) is 4.29. The van der Waals surface area contributed by atoms with E-state index in [9.17, 15) is 19.5 Å². The molecule has 4 saturated carbocycles. The molecule has 0 spiro atoms. The maximum Gasteiger partial charge on any atom is 0.410 e. The van der Waals surface area contributed by atoms with Gasteiger partial charge in [0.15, 0.2) is 0 Å². The van der Waals surface area contributed by atoms with Crippen LogP contribution in [-0.4, -0.2) is 89.1 Å². The average molecular weight is 960 g/mol. The number of benzene rings is 2. The van der Waals surface area contributed by atoms with E-state index in [1.807, 2.05) is 59.3 Å². The number of aliphatic hydroxyl groups is 1. The number of pyridine rings is 2. The second-order valence-electron chi connectivity index (χ2n) is 21.6. The molecule has 2 aromatic carbocycles. The number of ether oxygens (including phenoxy) is 1. The Hall–Kier alpha value is -5.38. The van der Waals surface area contributed by atoms with Gasteiger partial charge in [-0.05, 0) is 169 Å². The van der Waals surface area contributed by atoms with Crippen molar-refractivity contribution in [1.29, 1.82) is 0 Å². The van der Waals surface area contributed by atoms with Crippen LogP contribution >= 0.6 is 11.6 Å². The first kappa shape index (κ1) is 47.3. The summed E-state index contributed by atoms with van der Waals surface area (Å²) in [5, 5.41) is 22.2.